The van der Waals surface area contributed by atoms with Gasteiger partial charge in [0.25, 0.3) is 0 Å². The van der Waals surface area contributed by atoms with Crippen molar-refractivity contribution >= 4 is 11.7 Å². The molecule has 0 bridgehead atoms. The molecule has 0 saturated carbocycles. The molecule has 1 atom stereocenters. The smallest absolute Gasteiger partial charge is 0.229 e. The predicted molar refractivity (Wildman–Crippen MR) is 104 cm³/mol. The number of nitrogens with zero attached hydrogens (tertiary/aromatic N) is 4. The SMILES string of the molecule is COC(C)c1ccc(CC(=O)Nc2ccn(Cc3ccc(C#N)cn3)n2)cc1. The molecule has 0 aliphatic carbocycles. The number of carbonyl (C=O) groups excluding carboxylic acids is 1. The van der Waals surface area contributed by atoms with Gasteiger partial charge in [0.05, 0.1) is 30.3 Å². The van der Waals surface area contributed by atoms with E-state index in [-0.39, 0.29) is 18.4 Å². The second kappa shape index (κ2) is 8.93. The molecule has 0 aliphatic rings. The van der Waals surface area contributed by atoms with Crippen LogP contribution in [-0.4, -0.2) is 27.8 Å². The molecule has 28 heavy (non-hydrogen) atoms. The molecule has 7 nitrogen and oxygen atoms in total. The summed E-state index contributed by atoms with van der Waals surface area (Å²) in [7, 11) is 1.67. The van der Waals surface area contributed by atoms with E-state index in [0.717, 1.165) is 16.8 Å². The van der Waals surface area contributed by atoms with Crippen LogP contribution < -0.4 is 5.32 Å². The zero-order valence-electron chi connectivity index (χ0n) is 15.8. The molecule has 142 valence electrons. The third-order valence-corrected chi connectivity index (χ3v) is 4.35. The summed E-state index contributed by atoms with van der Waals surface area (Å²) >= 11 is 0. The van der Waals surface area contributed by atoms with Crippen molar-refractivity contribution in [3.05, 3.63) is 77.2 Å². The Labute approximate surface area is 163 Å². The van der Waals surface area contributed by atoms with Gasteiger partial charge in [0.2, 0.25) is 5.91 Å². The van der Waals surface area contributed by atoms with Crippen LogP contribution in [0.5, 0.6) is 0 Å². The van der Waals surface area contributed by atoms with Crippen molar-refractivity contribution in [3.8, 4) is 6.07 Å². The summed E-state index contributed by atoms with van der Waals surface area (Å²) in [5.74, 6) is 0.359. The summed E-state index contributed by atoms with van der Waals surface area (Å²) in [6.07, 6.45) is 3.60. The largest absolute Gasteiger partial charge is 0.377 e. The molecule has 0 saturated heterocycles. The van der Waals surface area contributed by atoms with Crippen molar-refractivity contribution in [2.75, 3.05) is 12.4 Å². The van der Waals surface area contributed by atoms with Gasteiger partial charge in [-0.3, -0.25) is 14.5 Å². The van der Waals surface area contributed by atoms with Gasteiger partial charge in [-0.1, -0.05) is 24.3 Å². The summed E-state index contributed by atoms with van der Waals surface area (Å²) in [6, 6.07) is 15.1. The maximum Gasteiger partial charge on any atom is 0.229 e. The van der Waals surface area contributed by atoms with E-state index in [9.17, 15) is 4.79 Å². The van der Waals surface area contributed by atoms with Gasteiger partial charge in [0.15, 0.2) is 5.82 Å². The van der Waals surface area contributed by atoms with Crippen LogP contribution in [0, 0.1) is 11.3 Å². The molecule has 3 aromatic rings. The molecule has 2 aromatic heterocycles. The fraction of sp³-hybridized carbons (Fsp3) is 0.238. The topological polar surface area (TPSA) is 92.8 Å². The fourth-order valence-electron chi connectivity index (χ4n) is 2.68. The average Bonchev–Trinajstić information content (AvgIpc) is 3.15. The van der Waals surface area contributed by atoms with E-state index in [0.29, 0.717) is 17.9 Å². The number of methoxy groups -OCH3 is 1. The van der Waals surface area contributed by atoms with Gasteiger partial charge in [-0.05, 0) is 30.2 Å². The van der Waals surface area contributed by atoms with E-state index in [4.69, 9.17) is 10.00 Å². The number of hydrogen-bond acceptors (Lipinski definition) is 5. The van der Waals surface area contributed by atoms with E-state index >= 15 is 0 Å². The first-order valence-electron chi connectivity index (χ1n) is 8.87. The molecule has 1 unspecified atom stereocenters. The Morgan fingerprint density at radius 1 is 1.25 bits per heavy atom. The monoisotopic (exact) mass is 375 g/mol. The summed E-state index contributed by atoms with van der Waals surface area (Å²) in [6.45, 7) is 2.44. The summed E-state index contributed by atoms with van der Waals surface area (Å²) in [5.41, 5.74) is 3.29. The first-order valence-corrected chi connectivity index (χ1v) is 8.87. The van der Waals surface area contributed by atoms with Crippen molar-refractivity contribution in [2.45, 2.75) is 26.0 Å². The number of nitriles is 1. The molecule has 1 N–H and O–H groups in total. The second-order valence-electron chi connectivity index (χ2n) is 6.39. The van der Waals surface area contributed by atoms with E-state index in [1.165, 1.54) is 6.20 Å². The maximum atomic E-state index is 12.3. The average molecular weight is 375 g/mol. The van der Waals surface area contributed by atoms with Crippen LogP contribution in [0.3, 0.4) is 0 Å². The highest BCUT2D eigenvalue weighted by atomic mass is 16.5. The van der Waals surface area contributed by atoms with E-state index in [1.54, 1.807) is 36.2 Å². The van der Waals surface area contributed by atoms with Crippen LogP contribution in [-0.2, 0) is 22.5 Å². The number of pyridine rings is 1. The number of anilines is 1. The Balaban J connectivity index is 1.55. The van der Waals surface area contributed by atoms with Gasteiger partial charge in [-0.25, -0.2) is 0 Å². The molecule has 0 spiro atoms. The lowest BCUT2D eigenvalue weighted by molar-refractivity contribution is -0.115. The highest BCUT2D eigenvalue weighted by molar-refractivity contribution is 5.91. The summed E-state index contributed by atoms with van der Waals surface area (Å²) < 4.78 is 6.97. The van der Waals surface area contributed by atoms with Gasteiger partial charge >= 0.3 is 0 Å². The number of rotatable bonds is 7. The highest BCUT2D eigenvalue weighted by Crippen LogP contribution is 2.16. The number of hydrogen-bond donors (Lipinski definition) is 1. The lowest BCUT2D eigenvalue weighted by Crippen LogP contribution is -2.15. The highest BCUT2D eigenvalue weighted by Gasteiger charge is 2.09. The first-order chi connectivity index (χ1) is 13.6. The van der Waals surface area contributed by atoms with Crippen LogP contribution in [0.15, 0.2) is 54.9 Å². The van der Waals surface area contributed by atoms with Crippen LogP contribution in [0.25, 0.3) is 0 Å². The van der Waals surface area contributed by atoms with Crippen LogP contribution in [0.4, 0.5) is 5.82 Å². The third-order valence-electron chi connectivity index (χ3n) is 4.35. The molecule has 0 aliphatic heterocycles. The zero-order valence-corrected chi connectivity index (χ0v) is 15.8. The number of benzene rings is 1. The lowest BCUT2D eigenvalue weighted by Gasteiger charge is -2.10. The molecule has 1 amide bonds. The van der Waals surface area contributed by atoms with Crippen LogP contribution >= 0.6 is 0 Å². The Bertz CT molecular complexity index is 971. The number of amides is 1. The second-order valence-corrected chi connectivity index (χ2v) is 6.39. The first kappa shape index (κ1) is 19.3. The molecule has 2 heterocycles. The lowest BCUT2D eigenvalue weighted by atomic mass is 10.1. The van der Waals surface area contributed by atoms with Gasteiger partial charge < -0.3 is 10.1 Å². The number of aromatic nitrogens is 3. The third kappa shape index (κ3) is 5.02. The van der Waals surface area contributed by atoms with E-state index < -0.39 is 0 Å². The Morgan fingerprint density at radius 2 is 2.04 bits per heavy atom. The number of nitrogens with one attached hydrogen (secondary N) is 1. The quantitative estimate of drug-likeness (QED) is 0.685. The van der Waals surface area contributed by atoms with Crippen molar-refractivity contribution in [1.82, 2.24) is 14.8 Å². The van der Waals surface area contributed by atoms with Gasteiger partial charge in [-0.15, -0.1) is 0 Å². The van der Waals surface area contributed by atoms with E-state index in [2.05, 4.69) is 15.4 Å². The van der Waals surface area contributed by atoms with Crippen molar-refractivity contribution < 1.29 is 9.53 Å². The van der Waals surface area contributed by atoms with Crippen molar-refractivity contribution in [1.29, 1.82) is 5.26 Å². The molecule has 7 heteroatoms. The number of ether oxygens (including phenoxy) is 1. The van der Waals surface area contributed by atoms with Gasteiger partial charge in [0, 0.05) is 25.6 Å². The molecule has 3 rings (SSSR count). The predicted octanol–water partition coefficient (Wildman–Crippen LogP) is 3.09. The summed E-state index contributed by atoms with van der Waals surface area (Å²) in [4.78, 5) is 16.5. The minimum Gasteiger partial charge on any atom is -0.377 e. The molecule has 0 fully saturated rings. The molecular weight excluding hydrogens is 354 g/mol. The molecule has 0 radical (unpaired) electrons. The van der Waals surface area contributed by atoms with E-state index in [1.807, 2.05) is 37.3 Å². The van der Waals surface area contributed by atoms with Gasteiger partial charge in [-0.2, -0.15) is 10.4 Å². The summed E-state index contributed by atoms with van der Waals surface area (Å²) in [5, 5.41) is 16.0. The minimum atomic E-state index is -0.130. The van der Waals surface area contributed by atoms with Crippen LogP contribution in [0.2, 0.25) is 0 Å². The molecule has 1 aromatic carbocycles. The van der Waals surface area contributed by atoms with Crippen molar-refractivity contribution in [3.63, 3.8) is 0 Å². The Kier molecular flexibility index (Phi) is 6.14. The Hall–Kier alpha value is -3.50. The number of carbonyl (C=O) groups is 1. The fourth-order valence-corrected chi connectivity index (χ4v) is 2.68. The maximum absolute atomic E-state index is 12.3. The Morgan fingerprint density at radius 3 is 2.68 bits per heavy atom. The van der Waals surface area contributed by atoms with Crippen molar-refractivity contribution in [2.24, 2.45) is 0 Å². The zero-order chi connectivity index (χ0) is 19.9. The standard InChI is InChI=1S/C21H21N5O2/c1-15(28-2)18-6-3-16(4-7-18)11-21(27)24-20-9-10-26(25-20)14-19-8-5-17(12-22)13-23-19/h3-10,13,15H,11,14H2,1-2H3,(H,24,25,27). The molecular formula is C21H21N5O2. The normalized spacial score (nSPS) is 11.6. The minimum absolute atomic E-state index is 0.0254. The van der Waals surface area contributed by atoms with Gasteiger partial charge in [0.1, 0.15) is 6.07 Å². The van der Waals surface area contributed by atoms with Crippen LogP contribution in [0.1, 0.15) is 35.4 Å².